The summed E-state index contributed by atoms with van der Waals surface area (Å²) in [5.41, 5.74) is 1.63. The van der Waals surface area contributed by atoms with Crippen molar-refractivity contribution in [3.05, 3.63) is 29.6 Å². The van der Waals surface area contributed by atoms with Gasteiger partial charge in [0.25, 0.3) is 5.91 Å². The van der Waals surface area contributed by atoms with Crippen LogP contribution >= 0.6 is 15.9 Å². The van der Waals surface area contributed by atoms with Crippen LogP contribution in [0.1, 0.15) is 35.7 Å². The average molecular weight is 285 g/mol. The number of nitrogens with zero attached hydrogens (tertiary/aromatic N) is 1. The number of aryl methyl sites for hydroxylation is 1. The summed E-state index contributed by atoms with van der Waals surface area (Å²) >= 11 is 3.38. The summed E-state index contributed by atoms with van der Waals surface area (Å²) in [6, 6.07) is 2.08. The van der Waals surface area contributed by atoms with Crippen molar-refractivity contribution in [3.8, 4) is 0 Å². The van der Waals surface area contributed by atoms with E-state index in [1.165, 1.54) is 0 Å². The lowest BCUT2D eigenvalue weighted by molar-refractivity contribution is 0.0934. The quantitative estimate of drug-likeness (QED) is 0.845. The molecule has 0 saturated heterocycles. The molecule has 1 unspecified atom stereocenters. The molecule has 1 rings (SSSR count). The summed E-state index contributed by atoms with van der Waals surface area (Å²) in [6.07, 6.45) is 5.23. The van der Waals surface area contributed by atoms with Gasteiger partial charge in [0.2, 0.25) is 0 Å². The summed E-state index contributed by atoms with van der Waals surface area (Å²) < 4.78 is 0. The fourth-order valence-electron chi connectivity index (χ4n) is 1.46. The Morgan fingerprint density at radius 3 is 2.88 bits per heavy atom. The van der Waals surface area contributed by atoms with E-state index in [-0.39, 0.29) is 11.9 Å². The third-order valence-electron chi connectivity index (χ3n) is 2.42. The number of halogens is 1. The number of rotatable bonds is 5. The minimum Gasteiger partial charge on any atom is -0.349 e. The topological polar surface area (TPSA) is 42.0 Å². The maximum atomic E-state index is 11.9. The van der Waals surface area contributed by atoms with Gasteiger partial charge in [0.05, 0.1) is 5.56 Å². The first kappa shape index (κ1) is 13.2. The van der Waals surface area contributed by atoms with Crippen LogP contribution in [0.2, 0.25) is 0 Å². The molecule has 1 amide bonds. The number of nitrogens with one attached hydrogen (secondary N) is 1. The van der Waals surface area contributed by atoms with Gasteiger partial charge in [-0.1, -0.05) is 22.9 Å². The van der Waals surface area contributed by atoms with E-state index in [4.69, 9.17) is 0 Å². The summed E-state index contributed by atoms with van der Waals surface area (Å²) in [6.45, 7) is 4.00. The number of alkyl halides is 1. The first-order valence-electron chi connectivity index (χ1n) is 5.45. The number of aromatic nitrogens is 1. The van der Waals surface area contributed by atoms with Crippen LogP contribution in [-0.2, 0) is 0 Å². The second-order valence-electron chi connectivity index (χ2n) is 3.81. The van der Waals surface area contributed by atoms with E-state index in [0.29, 0.717) is 5.56 Å². The van der Waals surface area contributed by atoms with Gasteiger partial charge in [-0.05, 0) is 31.4 Å². The van der Waals surface area contributed by atoms with Crippen LogP contribution in [0.4, 0.5) is 0 Å². The molecule has 1 aromatic rings. The van der Waals surface area contributed by atoms with E-state index in [2.05, 4.69) is 33.2 Å². The Labute approximate surface area is 105 Å². The molecule has 88 valence electrons. The minimum absolute atomic E-state index is 0.0380. The lowest BCUT2D eigenvalue weighted by Crippen LogP contribution is -2.34. The number of carbonyl (C=O) groups is 1. The number of pyridine rings is 1. The van der Waals surface area contributed by atoms with Crippen molar-refractivity contribution in [3.63, 3.8) is 0 Å². The van der Waals surface area contributed by atoms with E-state index in [0.717, 1.165) is 23.7 Å². The van der Waals surface area contributed by atoms with Crippen molar-refractivity contribution in [2.75, 3.05) is 5.33 Å². The van der Waals surface area contributed by atoms with Crippen molar-refractivity contribution in [2.24, 2.45) is 0 Å². The van der Waals surface area contributed by atoms with Crippen LogP contribution in [0.25, 0.3) is 0 Å². The molecule has 1 heterocycles. The molecule has 3 nitrogen and oxygen atoms in total. The first-order chi connectivity index (χ1) is 7.67. The molecule has 0 aliphatic heterocycles. The summed E-state index contributed by atoms with van der Waals surface area (Å²) in [4.78, 5) is 15.9. The molecule has 16 heavy (non-hydrogen) atoms. The summed E-state index contributed by atoms with van der Waals surface area (Å²) in [5, 5.41) is 3.90. The van der Waals surface area contributed by atoms with E-state index < -0.39 is 0 Å². The Morgan fingerprint density at radius 1 is 1.56 bits per heavy atom. The molecule has 1 N–H and O–H groups in total. The van der Waals surface area contributed by atoms with Crippen molar-refractivity contribution < 1.29 is 4.79 Å². The van der Waals surface area contributed by atoms with Gasteiger partial charge >= 0.3 is 0 Å². The van der Waals surface area contributed by atoms with Gasteiger partial charge in [-0.25, -0.2) is 0 Å². The highest BCUT2D eigenvalue weighted by Gasteiger charge is 2.11. The molecule has 0 bridgehead atoms. The van der Waals surface area contributed by atoms with Crippen LogP contribution in [0.15, 0.2) is 18.5 Å². The molecule has 1 aromatic heterocycles. The highest BCUT2D eigenvalue weighted by molar-refractivity contribution is 9.09. The van der Waals surface area contributed by atoms with Crippen LogP contribution in [0, 0.1) is 6.92 Å². The van der Waals surface area contributed by atoms with Crippen LogP contribution in [-0.4, -0.2) is 22.3 Å². The Bertz CT molecular complexity index is 355. The first-order valence-corrected chi connectivity index (χ1v) is 6.58. The molecule has 0 aliphatic carbocycles. The Kier molecular flexibility index (Phi) is 5.46. The maximum Gasteiger partial charge on any atom is 0.253 e. The molecular formula is C12H17BrN2O. The smallest absolute Gasteiger partial charge is 0.253 e. The fourth-order valence-corrected chi connectivity index (χ4v) is 2.01. The van der Waals surface area contributed by atoms with Crippen molar-refractivity contribution in [2.45, 2.75) is 32.7 Å². The van der Waals surface area contributed by atoms with Gasteiger partial charge in [0, 0.05) is 23.8 Å². The number of hydrogen-bond acceptors (Lipinski definition) is 2. The van der Waals surface area contributed by atoms with Crippen molar-refractivity contribution >= 4 is 21.8 Å². The molecule has 0 saturated carbocycles. The summed E-state index contributed by atoms with van der Waals surface area (Å²) in [7, 11) is 0. The average Bonchev–Trinajstić information content (AvgIpc) is 2.28. The van der Waals surface area contributed by atoms with E-state index in [9.17, 15) is 4.79 Å². The van der Waals surface area contributed by atoms with Crippen molar-refractivity contribution in [1.29, 1.82) is 0 Å². The number of amides is 1. The van der Waals surface area contributed by atoms with E-state index in [1.54, 1.807) is 12.4 Å². The largest absolute Gasteiger partial charge is 0.349 e. The zero-order valence-corrected chi connectivity index (χ0v) is 11.3. The number of hydrogen-bond donors (Lipinski definition) is 1. The maximum absolute atomic E-state index is 11.9. The van der Waals surface area contributed by atoms with Gasteiger partial charge in [0.1, 0.15) is 0 Å². The monoisotopic (exact) mass is 284 g/mol. The second kappa shape index (κ2) is 6.63. The van der Waals surface area contributed by atoms with Crippen molar-refractivity contribution in [1.82, 2.24) is 10.3 Å². The lowest BCUT2D eigenvalue weighted by Gasteiger charge is -2.15. The second-order valence-corrected chi connectivity index (χ2v) is 4.60. The molecule has 0 fully saturated rings. The molecular weight excluding hydrogens is 268 g/mol. The van der Waals surface area contributed by atoms with Crippen LogP contribution in [0.5, 0.6) is 0 Å². The van der Waals surface area contributed by atoms with Gasteiger partial charge in [0.15, 0.2) is 0 Å². The van der Waals surface area contributed by atoms with Crippen LogP contribution in [0.3, 0.4) is 0 Å². The third kappa shape index (κ3) is 3.93. The van der Waals surface area contributed by atoms with Gasteiger partial charge in [-0.3, -0.25) is 9.78 Å². The number of carbonyl (C=O) groups excluding carboxylic acids is 1. The molecule has 0 radical (unpaired) electrons. The third-order valence-corrected chi connectivity index (χ3v) is 2.88. The molecule has 4 heteroatoms. The molecule has 0 aromatic carbocycles. The van der Waals surface area contributed by atoms with Gasteiger partial charge in [-0.2, -0.15) is 0 Å². The molecule has 0 spiro atoms. The van der Waals surface area contributed by atoms with Crippen LogP contribution < -0.4 is 5.32 Å². The Balaban J connectivity index is 2.64. The predicted octanol–water partition coefficient (Wildman–Crippen LogP) is 2.68. The zero-order chi connectivity index (χ0) is 12.0. The van der Waals surface area contributed by atoms with Gasteiger partial charge < -0.3 is 5.32 Å². The molecule has 0 aliphatic rings. The highest BCUT2D eigenvalue weighted by Crippen LogP contribution is 2.05. The standard InChI is InChI=1S/C12H17BrN2O/c1-3-11(4-5-13)15-12(16)10-6-9(2)7-14-8-10/h6-8,11H,3-5H2,1-2H3,(H,15,16). The Morgan fingerprint density at radius 2 is 2.31 bits per heavy atom. The Hall–Kier alpha value is -0.900. The predicted molar refractivity (Wildman–Crippen MR) is 68.9 cm³/mol. The zero-order valence-electron chi connectivity index (χ0n) is 9.66. The van der Waals surface area contributed by atoms with E-state index in [1.807, 2.05) is 13.0 Å². The molecule has 1 atom stereocenters. The summed E-state index contributed by atoms with van der Waals surface area (Å²) in [5.74, 6) is -0.0380. The highest BCUT2D eigenvalue weighted by atomic mass is 79.9. The lowest BCUT2D eigenvalue weighted by atomic mass is 10.1. The fraction of sp³-hybridized carbons (Fsp3) is 0.500. The minimum atomic E-state index is -0.0380. The normalized spacial score (nSPS) is 12.2. The SMILES string of the molecule is CCC(CCBr)NC(=O)c1cncc(C)c1. The van der Waals surface area contributed by atoms with Gasteiger partial charge in [-0.15, -0.1) is 0 Å². The van der Waals surface area contributed by atoms with E-state index >= 15 is 0 Å².